The lowest BCUT2D eigenvalue weighted by Crippen LogP contribution is -2.40. The Balaban J connectivity index is 0.00000729. The molecule has 28 heavy (non-hydrogen) atoms. The van der Waals surface area contributed by atoms with Gasteiger partial charge in [0, 0.05) is 46.9 Å². The van der Waals surface area contributed by atoms with Gasteiger partial charge < -0.3 is 25.0 Å². The lowest BCUT2D eigenvalue weighted by Gasteiger charge is -2.20. The molecule has 2 N–H and O–H groups in total. The Bertz CT molecular complexity index is 562. The number of rotatable bonds is 11. The summed E-state index contributed by atoms with van der Waals surface area (Å²) in [7, 11) is 5.66. The van der Waals surface area contributed by atoms with Gasteiger partial charge in [0.25, 0.3) is 0 Å². The summed E-state index contributed by atoms with van der Waals surface area (Å²) >= 11 is 0. The predicted octanol–water partition coefficient (Wildman–Crippen LogP) is 3.25. The first kappa shape index (κ1) is 27.1. The molecule has 0 aliphatic carbocycles. The molecule has 7 heteroatoms. The van der Waals surface area contributed by atoms with Gasteiger partial charge in [-0.1, -0.05) is 24.3 Å². The highest BCUT2D eigenvalue weighted by Gasteiger charge is 2.10. The molecule has 6 nitrogen and oxygen atoms in total. The molecule has 0 saturated carbocycles. The molecule has 0 amide bonds. The second-order valence-corrected chi connectivity index (χ2v) is 7.72. The van der Waals surface area contributed by atoms with Crippen molar-refractivity contribution in [2.24, 2.45) is 4.99 Å². The molecular formula is C21H39IN4O2. The van der Waals surface area contributed by atoms with E-state index < -0.39 is 0 Å². The van der Waals surface area contributed by atoms with E-state index in [1.54, 1.807) is 14.2 Å². The van der Waals surface area contributed by atoms with Crippen molar-refractivity contribution in [1.82, 2.24) is 15.5 Å². The Morgan fingerprint density at radius 2 is 1.86 bits per heavy atom. The number of benzene rings is 1. The number of methoxy groups -OCH3 is 1. The van der Waals surface area contributed by atoms with E-state index in [9.17, 15) is 0 Å². The van der Waals surface area contributed by atoms with E-state index in [1.165, 1.54) is 11.1 Å². The van der Waals surface area contributed by atoms with Gasteiger partial charge in [-0.2, -0.15) is 0 Å². The molecule has 0 radical (unpaired) electrons. The van der Waals surface area contributed by atoms with Crippen LogP contribution in [-0.4, -0.2) is 63.9 Å². The molecule has 0 bridgehead atoms. The largest absolute Gasteiger partial charge is 0.385 e. The molecule has 0 fully saturated rings. The lowest BCUT2D eigenvalue weighted by molar-refractivity contribution is -0.0149. The fourth-order valence-electron chi connectivity index (χ4n) is 2.49. The first-order valence-electron chi connectivity index (χ1n) is 9.68. The highest BCUT2D eigenvalue weighted by molar-refractivity contribution is 14.0. The van der Waals surface area contributed by atoms with Crippen molar-refractivity contribution < 1.29 is 9.47 Å². The van der Waals surface area contributed by atoms with Crippen LogP contribution in [0.1, 0.15) is 38.3 Å². The van der Waals surface area contributed by atoms with E-state index >= 15 is 0 Å². The van der Waals surface area contributed by atoms with Gasteiger partial charge >= 0.3 is 0 Å². The molecule has 162 valence electrons. The first-order chi connectivity index (χ1) is 12.8. The van der Waals surface area contributed by atoms with Crippen molar-refractivity contribution in [3.05, 3.63) is 35.4 Å². The number of hydrogen-bond donors (Lipinski definition) is 2. The molecule has 0 atom stereocenters. The number of hydrogen-bond acceptors (Lipinski definition) is 4. The fraction of sp³-hybridized carbons (Fsp3) is 0.667. The van der Waals surface area contributed by atoms with Crippen molar-refractivity contribution in [1.29, 1.82) is 0 Å². The van der Waals surface area contributed by atoms with Crippen LogP contribution in [0.3, 0.4) is 0 Å². The summed E-state index contributed by atoms with van der Waals surface area (Å²) in [5.74, 6) is 0.816. The molecule has 0 saturated heterocycles. The third-order valence-corrected chi connectivity index (χ3v) is 4.02. The normalized spacial score (nSPS) is 12.0. The Hall–Kier alpha value is -0.900. The highest BCUT2D eigenvalue weighted by atomic mass is 127. The Morgan fingerprint density at radius 3 is 2.50 bits per heavy atom. The number of likely N-dealkylation sites (N-methyl/N-ethyl adjacent to an activating group) is 1. The maximum atomic E-state index is 5.86. The van der Waals surface area contributed by atoms with Crippen LogP contribution in [0, 0.1) is 0 Å². The van der Waals surface area contributed by atoms with Gasteiger partial charge in [0.2, 0.25) is 0 Å². The van der Waals surface area contributed by atoms with Crippen LogP contribution in [0.25, 0.3) is 0 Å². The predicted molar refractivity (Wildman–Crippen MR) is 129 cm³/mol. The van der Waals surface area contributed by atoms with Gasteiger partial charge in [0.1, 0.15) is 0 Å². The second-order valence-electron chi connectivity index (χ2n) is 7.72. The standard InChI is InChI=1S/C21H38N4O2.HI/c1-21(2,3)27-17-19-10-7-9-18(15-19)16-24-20(22-4)23-11-13-25(5)12-8-14-26-6;/h7,9-10,15H,8,11-14,16-17H2,1-6H3,(H2,22,23,24);1H. The number of guanidine groups is 1. The van der Waals surface area contributed by atoms with Gasteiger partial charge in [0.15, 0.2) is 5.96 Å². The zero-order chi connectivity index (χ0) is 20.1. The van der Waals surface area contributed by atoms with Crippen molar-refractivity contribution in [3.63, 3.8) is 0 Å². The number of ether oxygens (including phenoxy) is 2. The Kier molecular flexibility index (Phi) is 14.5. The van der Waals surface area contributed by atoms with E-state index in [0.29, 0.717) is 6.61 Å². The molecular weight excluding hydrogens is 467 g/mol. The minimum atomic E-state index is -0.128. The maximum absolute atomic E-state index is 5.86. The minimum absolute atomic E-state index is 0. The third-order valence-electron chi connectivity index (χ3n) is 4.02. The Morgan fingerprint density at radius 1 is 1.14 bits per heavy atom. The smallest absolute Gasteiger partial charge is 0.191 e. The first-order valence-corrected chi connectivity index (χ1v) is 9.68. The maximum Gasteiger partial charge on any atom is 0.191 e. The summed E-state index contributed by atoms with van der Waals surface area (Å²) < 4.78 is 10.9. The molecule has 0 heterocycles. The third kappa shape index (κ3) is 13.3. The fourth-order valence-corrected chi connectivity index (χ4v) is 2.49. The summed E-state index contributed by atoms with van der Waals surface area (Å²) in [4.78, 5) is 6.59. The molecule has 0 aliphatic heterocycles. The van der Waals surface area contributed by atoms with Gasteiger partial charge in [-0.25, -0.2) is 0 Å². The van der Waals surface area contributed by atoms with Crippen molar-refractivity contribution in [2.75, 3.05) is 47.4 Å². The van der Waals surface area contributed by atoms with Gasteiger partial charge in [-0.3, -0.25) is 4.99 Å². The summed E-state index contributed by atoms with van der Waals surface area (Å²) in [6.07, 6.45) is 1.05. The quantitative estimate of drug-likeness (QED) is 0.209. The van der Waals surface area contributed by atoms with E-state index in [1.807, 2.05) is 0 Å². The number of aliphatic imine (C=N–C) groups is 1. The monoisotopic (exact) mass is 506 g/mol. The minimum Gasteiger partial charge on any atom is -0.385 e. The Labute approximate surface area is 188 Å². The van der Waals surface area contributed by atoms with Crippen LogP contribution in [0.5, 0.6) is 0 Å². The van der Waals surface area contributed by atoms with E-state index in [-0.39, 0.29) is 29.6 Å². The summed E-state index contributed by atoms with van der Waals surface area (Å²) in [6, 6.07) is 8.46. The summed E-state index contributed by atoms with van der Waals surface area (Å²) in [6.45, 7) is 11.2. The molecule has 1 aromatic rings. The molecule has 0 spiro atoms. The van der Waals surface area contributed by atoms with Crippen LogP contribution in [0.2, 0.25) is 0 Å². The van der Waals surface area contributed by atoms with Gasteiger partial charge in [-0.15, -0.1) is 24.0 Å². The lowest BCUT2D eigenvalue weighted by atomic mass is 10.1. The highest BCUT2D eigenvalue weighted by Crippen LogP contribution is 2.13. The van der Waals surface area contributed by atoms with Gasteiger partial charge in [0.05, 0.1) is 12.2 Å². The van der Waals surface area contributed by atoms with E-state index in [2.05, 4.69) is 72.6 Å². The van der Waals surface area contributed by atoms with Crippen LogP contribution >= 0.6 is 24.0 Å². The number of nitrogens with one attached hydrogen (secondary N) is 2. The second kappa shape index (κ2) is 15.0. The van der Waals surface area contributed by atoms with E-state index in [0.717, 1.165) is 45.2 Å². The zero-order valence-electron chi connectivity index (χ0n) is 18.4. The van der Waals surface area contributed by atoms with Crippen molar-refractivity contribution in [3.8, 4) is 0 Å². The van der Waals surface area contributed by atoms with Crippen LogP contribution in [0.15, 0.2) is 29.3 Å². The summed E-state index contributed by atoms with van der Waals surface area (Å²) in [5, 5.41) is 6.73. The molecule has 0 unspecified atom stereocenters. The average Bonchev–Trinajstić information content (AvgIpc) is 2.63. The number of nitrogens with zero attached hydrogens (tertiary/aromatic N) is 2. The number of halogens is 1. The van der Waals surface area contributed by atoms with Crippen LogP contribution in [0.4, 0.5) is 0 Å². The van der Waals surface area contributed by atoms with Crippen LogP contribution < -0.4 is 10.6 Å². The van der Waals surface area contributed by atoms with Crippen molar-refractivity contribution >= 4 is 29.9 Å². The van der Waals surface area contributed by atoms with Gasteiger partial charge in [-0.05, 0) is 45.4 Å². The topological polar surface area (TPSA) is 58.1 Å². The van der Waals surface area contributed by atoms with Crippen molar-refractivity contribution in [2.45, 2.75) is 45.9 Å². The molecule has 1 aromatic carbocycles. The molecule has 0 aliphatic rings. The van der Waals surface area contributed by atoms with E-state index in [4.69, 9.17) is 9.47 Å². The summed E-state index contributed by atoms with van der Waals surface area (Å²) in [5.41, 5.74) is 2.27. The molecule has 0 aromatic heterocycles. The SMILES string of the molecule is CN=C(NCCN(C)CCCOC)NCc1cccc(COC(C)(C)C)c1.I. The van der Waals surface area contributed by atoms with Crippen LogP contribution in [-0.2, 0) is 22.6 Å². The molecule has 1 rings (SSSR count). The average molecular weight is 506 g/mol. The zero-order valence-corrected chi connectivity index (χ0v) is 20.7.